The largest absolute Gasteiger partial charge is 0.321 e. The van der Waals surface area contributed by atoms with E-state index in [4.69, 9.17) is 16.9 Å². The molecule has 0 bridgehead atoms. The van der Waals surface area contributed by atoms with Gasteiger partial charge in [-0.15, -0.1) is 0 Å². The Hall–Kier alpha value is -1.58. The molecule has 0 aliphatic heterocycles. The lowest BCUT2D eigenvalue weighted by Crippen LogP contribution is -2.12. The molecular formula is C14H8ClIN2O. The number of nitrogens with zero attached hydrogens (tertiary/aromatic N) is 1. The van der Waals surface area contributed by atoms with Gasteiger partial charge in [0.15, 0.2) is 0 Å². The van der Waals surface area contributed by atoms with Crippen LogP contribution < -0.4 is 5.32 Å². The molecule has 0 aliphatic carbocycles. The molecule has 1 amide bonds. The lowest BCUT2D eigenvalue weighted by molar-refractivity contribution is 0.102. The molecule has 0 unspecified atom stereocenters. The molecule has 0 fully saturated rings. The molecule has 1 N–H and O–H groups in total. The van der Waals surface area contributed by atoms with Crippen LogP contribution >= 0.6 is 34.2 Å². The summed E-state index contributed by atoms with van der Waals surface area (Å²) in [6.45, 7) is 0. The van der Waals surface area contributed by atoms with Gasteiger partial charge < -0.3 is 5.32 Å². The van der Waals surface area contributed by atoms with E-state index in [1.807, 2.05) is 6.07 Å². The van der Waals surface area contributed by atoms with Gasteiger partial charge in [-0.25, -0.2) is 0 Å². The topological polar surface area (TPSA) is 52.9 Å². The molecule has 0 atom stereocenters. The third-order valence-electron chi connectivity index (χ3n) is 2.43. The van der Waals surface area contributed by atoms with Gasteiger partial charge in [-0.1, -0.05) is 17.7 Å². The summed E-state index contributed by atoms with van der Waals surface area (Å²) in [6, 6.07) is 13.8. The summed E-state index contributed by atoms with van der Waals surface area (Å²) in [5, 5.41) is 12.2. The maximum atomic E-state index is 12.1. The number of benzene rings is 2. The van der Waals surface area contributed by atoms with Crippen molar-refractivity contribution in [1.29, 1.82) is 5.26 Å². The quantitative estimate of drug-likeness (QED) is 0.796. The van der Waals surface area contributed by atoms with Crippen LogP contribution in [0.15, 0.2) is 42.5 Å². The number of nitrogens with one attached hydrogen (secondary N) is 1. The number of amides is 1. The average molecular weight is 383 g/mol. The van der Waals surface area contributed by atoms with Gasteiger partial charge in [0, 0.05) is 14.2 Å². The summed E-state index contributed by atoms with van der Waals surface area (Å²) in [5.41, 5.74) is 1.60. The minimum absolute atomic E-state index is 0.252. The highest BCUT2D eigenvalue weighted by molar-refractivity contribution is 14.1. The minimum atomic E-state index is -0.252. The van der Waals surface area contributed by atoms with E-state index in [0.29, 0.717) is 21.8 Å². The first-order valence-corrected chi connectivity index (χ1v) is 6.82. The molecule has 0 heterocycles. The summed E-state index contributed by atoms with van der Waals surface area (Å²) in [4.78, 5) is 12.1. The summed E-state index contributed by atoms with van der Waals surface area (Å²) >= 11 is 7.96. The van der Waals surface area contributed by atoms with Crippen molar-refractivity contribution in [2.24, 2.45) is 0 Å². The first-order chi connectivity index (χ1) is 9.10. The molecule has 0 spiro atoms. The molecule has 2 rings (SSSR count). The Morgan fingerprint density at radius 2 is 2.05 bits per heavy atom. The molecule has 0 aromatic heterocycles. The highest BCUT2D eigenvalue weighted by atomic mass is 127. The van der Waals surface area contributed by atoms with Crippen LogP contribution in [0.25, 0.3) is 0 Å². The zero-order valence-electron chi connectivity index (χ0n) is 9.65. The molecule has 0 aliphatic rings. The van der Waals surface area contributed by atoms with Crippen LogP contribution in [-0.2, 0) is 0 Å². The molecule has 0 radical (unpaired) electrons. The molecule has 2 aromatic carbocycles. The van der Waals surface area contributed by atoms with E-state index in [1.165, 1.54) is 0 Å². The van der Waals surface area contributed by atoms with E-state index in [1.54, 1.807) is 42.5 Å². The Bertz CT molecular complexity index is 679. The number of nitriles is 1. The van der Waals surface area contributed by atoms with Gasteiger partial charge >= 0.3 is 0 Å². The first-order valence-electron chi connectivity index (χ1n) is 5.37. The van der Waals surface area contributed by atoms with Crippen LogP contribution in [0.1, 0.15) is 15.9 Å². The van der Waals surface area contributed by atoms with E-state index in [2.05, 4.69) is 27.9 Å². The van der Waals surface area contributed by atoms with Crippen molar-refractivity contribution >= 4 is 45.8 Å². The highest BCUT2D eigenvalue weighted by Gasteiger charge is 2.09. The number of hydrogen-bond acceptors (Lipinski definition) is 2. The van der Waals surface area contributed by atoms with Crippen molar-refractivity contribution in [3.8, 4) is 6.07 Å². The van der Waals surface area contributed by atoms with Crippen LogP contribution in [0, 0.1) is 14.9 Å². The third-order valence-corrected chi connectivity index (χ3v) is 3.56. The van der Waals surface area contributed by atoms with Crippen molar-refractivity contribution < 1.29 is 4.79 Å². The van der Waals surface area contributed by atoms with Crippen LogP contribution in [-0.4, -0.2) is 5.91 Å². The van der Waals surface area contributed by atoms with Crippen molar-refractivity contribution in [3.05, 3.63) is 62.2 Å². The smallest absolute Gasteiger partial charge is 0.255 e. The van der Waals surface area contributed by atoms with E-state index < -0.39 is 0 Å². The Morgan fingerprint density at radius 3 is 2.74 bits per heavy atom. The molecule has 5 heteroatoms. The molecular weight excluding hydrogens is 375 g/mol. The lowest BCUT2D eigenvalue weighted by atomic mass is 10.1. The van der Waals surface area contributed by atoms with Crippen LogP contribution in [0.3, 0.4) is 0 Å². The van der Waals surface area contributed by atoms with Crippen LogP contribution in [0.4, 0.5) is 5.69 Å². The number of anilines is 1. The molecule has 94 valence electrons. The predicted octanol–water partition coefficient (Wildman–Crippen LogP) is 4.07. The summed E-state index contributed by atoms with van der Waals surface area (Å²) in [6.07, 6.45) is 0. The van der Waals surface area contributed by atoms with Crippen molar-refractivity contribution in [1.82, 2.24) is 0 Å². The number of carbonyl (C=O) groups is 1. The molecule has 19 heavy (non-hydrogen) atoms. The Balaban J connectivity index is 2.23. The fraction of sp³-hybridized carbons (Fsp3) is 0. The van der Waals surface area contributed by atoms with Gasteiger partial charge in [0.1, 0.15) is 0 Å². The Morgan fingerprint density at radius 1 is 1.26 bits per heavy atom. The summed E-state index contributed by atoms with van der Waals surface area (Å²) in [5.74, 6) is -0.252. The lowest BCUT2D eigenvalue weighted by Gasteiger charge is -2.07. The van der Waals surface area contributed by atoms with Gasteiger partial charge in [0.2, 0.25) is 0 Å². The maximum Gasteiger partial charge on any atom is 0.255 e. The number of rotatable bonds is 2. The van der Waals surface area contributed by atoms with E-state index in [0.717, 1.165) is 3.57 Å². The first kappa shape index (κ1) is 13.8. The molecule has 2 aromatic rings. The third kappa shape index (κ3) is 3.46. The average Bonchev–Trinajstić information content (AvgIpc) is 2.42. The maximum absolute atomic E-state index is 12.1. The standard InChI is InChI=1S/C14H8ClIN2O/c15-11-4-5-13(12(16)7-11)18-14(19)10-3-1-2-9(6-10)8-17/h1-7H,(H,18,19). The zero-order valence-corrected chi connectivity index (χ0v) is 12.6. The summed E-state index contributed by atoms with van der Waals surface area (Å²) in [7, 11) is 0. The van der Waals surface area contributed by atoms with E-state index in [9.17, 15) is 4.79 Å². The normalized spacial score (nSPS) is 9.74. The second kappa shape index (κ2) is 6.04. The van der Waals surface area contributed by atoms with Crippen molar-refractivity contribution in [2.75, 3.05) is 5.32 Å². The molecule has 3 nitrogen and oxygen atoms in total. The van der Waals surface area contributed by atoms with Crippen LogP contribution in [0.2, 0.25) is 5.02 Å². The second-order valence-corrected chi connectivity index (χ2v) is 5.37. The van der Waals surface area contributed by atoms with E-state index in [-0.39, 0.29) is 5.91 Å². The fourth-order valence-corrected chi connectivity index (χ4v) is 2.52. The van der Waals surface area contributed by atoms with Crippen molar-refractivity contribution in [2.45, 2.75) is 0 Å². The number of hydrogen-bond donors (Lipinski definition) is 1. The fourth-order valence-electron chi connectivity index (χ4n) is 1.52. The van der Waals surface area contributed by atoms with Crippen molar-refractivity contribution in [3.63, 3.8) is 0 Å². The highest BCUT2D eigenvalue weighted by Crippen LogP contribution is 2.22. The zero-order chi connectivity index (χ0) is 13.8. The second-order valence-electron chi connectivity index (χ2n) is 3.77. The van der Waals surface area contributed by atoms with Gasteiger partial charge in [0.25, 0.3) is 5.91 Å². The van der Waals surface area contributed by atoms with Crippen LogP contribution in [0.5, 0.6) is 0 Å². The van der Waals surface area contributed by atoms with E-state index >= 15 is 0 Å². The Kier molecular flexibility index (Phi) is 4.40. The van der Waals surface area contributed by atoms with Gasteiger partial charge in [-0.2, -0.15) is 5.26 Å². The number of carbonyl (C=O) groups excluding carboxylic acids is 1. The van der Waals surface area contributed by atoms with Gasteiger partial charge in [-0.05, 0) is 59.0 Å². The SMILES string of the molecule is N#Cc1cccc(C(=O)Nc2ccc(Cl)cc2I)c1. The monoisotopic (exact) mass is 382 g/mol. The summed E-state index contributed by atoms with van der Waals surface area (Å²) < 4.78 is 0.856. The minimum Gasteiger partial charge on any atom is -0.321 e. The predicted molar refractivity (Wildman–Crippen MR) is 83.3 cm³/mol. The molecule has 0 saturated heterocycles. The number of halogens is 2. The molecule has 0 saturated carbocycles. The van der Waals surface area contributed by atoms with Gasteiger partial charge in [-0.3, -0.25) is 4.79 Å². The van der Waals surface area contributed by atoms with Gasteiger partial charge in [0.05, 0.1) is 17.3 Å². The Labute approximate surface area is 129 Å².